The number of furan rings is 1. The van der Waals surface area contributed by atoms with E-state index in [9.17, 15) is 15.0 Å². The summed E-state index contributed by atoms with van der Waals surface area (Å²) < 4.78 is 23.7. The van der Waals surface area contributed by atoms with Crippen molar-refractivity contribution in [1.82, 2.24) is 0 Å². The fraction of sp³-hybridized carbons (Fsp3) is 0.773. The molecule has 2 N–H and O–H groups in total. The van der Waals surface area contributed by atoms with Crippen molar-refractivity contribution in [2.75, 3.05) is 13.2 Å². The Morgan fingerprint density at radius 1 is 1.24 bits per heavy atom. The lowest BCUT2D eigenvalue weighted by molar-refractivity contribution is -0.325. The topological polar surface area (TPSA) is 102 Å². The standard InChI is InChI=1S/C22H28O7/c1-12(23)29-15-5-4-14-18(2)8-6-13-7-9-26-16(13)19(18,3)22(25)17(24)20(14,10-28-22)21(15)11-27-21/h7,9,14-15,17,24-25H,4-6,8,10-11H2,1-3H3/t14-,15-,17-,18-,19-,20+,21-,22-/m1/s1. The molecule has 0 aromatic carbocycles. The first-order chi connectivity index (χ1) is 13.7. The average Bonchev–Trinajstić information content (AvgIpc) is 3.25. The molecule has 29 heavy (non-hydrogen) atoms. The second-order valence-corrected chi connectivity index (χ2v) is 10.2. The third-order valence-corrected chi connectivity index (χ3v) is 9.54. The van der Waals surface area contributed by atoms with Gasteiger partial charge >= 0.3 is 5.97 Å². The minimum absolute atomic E-state index is 0.0327. The van der Waals surface area contributed by atoms with E-state index in [2.05, 4.69) is 6.92 Å². The fourth-order valence-corrected chi connectivity index (χ4v) is 7.95. The Hall–Kier alpha value is -1.41. The Balaban J connectivity index is 1.57. The lowest BCUT2D eigenvalue weighted by Gasteiger charge is -2.67. The van der Waals surface area contributed by atoms with Crippen LogP contribution in [-0.2, 0) is 30.8 Å². The zero-order chi connectivity index (χ0) is 20.4. The summed E-state index contributed by atoms with van der Waals surface area (Å²) >= 11 is 0. The van der Waals surface area contributed by atoms with E-state index < -0.39 is 34.4 Å². The smallest absolute Gasteiger partial charge is 0.303 e. The van der Waals surface area contributed by atoms with Crippen molar-refractivity contribution in [1.29, 1.82) is 0 Å². The van der Waals surface area contributed by atoms with Crippen LogP contribution in [0.3, 0.4) is 0 Å². The number of hydrogen-bond donors (Lipinski definition) is 2. The van der Waals surface area contributed by atoms with Gasteiger partial charge in [0.1, 0.15) is 23.6 Å². The van der Waals surface area contributed by atoms with Crippen LogP contribution in [0.1, 0.15) is 51.4 Å². The van der Waals surface area contributed by atoms with Gasteiger partial charge in [-0.15, -0.1) is 0 Å². The maximum absolute atomic E-state index is 11.9. The Morgan fingerprint density at radius 2 is 2.00 bits per heavy atom. The second kappa shape index (κ2) is 5.07. The summed E-state index contributed by atoms with van der Waals surface area (Å²) in [4.78, 5) is 11.8. The van der Waals surface area contributed by atoms with Gasteiger partial charge in [0.05, 0.1) is 30.3 Å². The molecule has 0 unspecified atom stereocenters. The Bertz CT molecular complexity index is 905. The van der Waals surface area contributed by atoms with Crippen molar-refractivity contribution in [2.45, 2.75) is 75.5 Å². The van der Waals surface area contributed by atoms with E-state index in [0.29, 0.717) is 13.0 Å². The van der Waals surface area contributed by atoms with E-state index in [1.165, 1.54) is 6.92 Å². The van der Waals surface area contributed by atoms with Crippen LogP contribution in [0.15, 0.2) is 16.7 Å². The highest BCUT2D eigenvalue weighted by Crippen LogP contribution is 2.77. The van der Waals surface area contributed by atoms with Crippen LogP contribution in [0.4, 0.5) is 0 Å². The van der Waals surface area contributed by atoms with Crippen LogP contribution in [0, 0.1) is 16.7 Å². The number of aliphatic hydroxyl groups is 2. The summed E-state index contributed by atoms with van der Waals surface area (Å²) in [7, 11) is 0. The van der Waals surface area contributed by atoms with Crippen LogP contribution in [0.25, 0.3) is 0 Å². The summed E-state index contributed by atoms with van der Waals surface area (Å²) in [6.07, 6.45) is 3.21. The summed E-state index contributed by atoms with van der Waals surface area (Å²) in [6.45, 7) is 6.15. The number of hydrogen-bond acceptors (Lipinski definition) is 7. The van der Waals surface area contributed by atoms with E-state index in [4.69, 9.17) is 18.6 Å². The zero-order valence-corrected chi connectivity index (χ0v) is 17.1. The van der Waals surface area contributed by atoms with Crippen molar-refractivity contribution >= 4 is 5.97 Å². The molecule has 0 radical (unpaired) electrons. The molecule has 2 spiro atoms. The largest absolute Gasteiger partial charge is 0.468 e. The van der Waals surface area contributed by atoms with Crippen molar-refractivity contribution < 1.29 is 33.6 Å². The molecule has 2 bridgehead atoms. The summed E-state index contributed by atoms with van der Waals surface area (Å²) in [5.74, 6) is -1.41. The summed E-state index contributed by atoms with van der Waals surface area (Å²) in [5.41, 5.74) is -1.83. The lowest BCUT2D eigenvalue weighted by Crippen LogP contribution is -2.78. The first kappa shape index (κ1) is 18.4. The number of rotatable bonds is 1. The molecule has 1 aromatic heterocycles. The van der Waals surface area contributed by atoms with Gasteiger partial charge < -0.3 is 28.8 Å². The van der Waals surface area contributed by atoms with Gasteiger partial charge in [-0.1, -0.05) is 6.92 Å². The molecule has 8 atom stereocenters. The number of esters is 1. The van der Waals surface area contributed by atoms with Crippen LogP contribution < -0.4 is 0 Å². The minimum atomic E-state index is -1.80. The molecule has 2 aliphatic heterocycles. The van der Waals surface area contributed by atoms with Gasteiger partial charge in [0.25, 0.3) is 0 Å². The highest BCUT2D eigenvalue weighted by Gasteiger charge is 2.88. The molecular weight excluding hydrogens is 376 g/mol. The summed E-state index contributed by atoms with van der Waals surface area (Å²) in [5, 5.41) is 23.7. The van der Waals surface area contributed by atoms with E-state index in [1.54, 1.807) is 6.26 Å². The average molecular weight is 404 g/mol. The van der Waals surface area contributed by atoms with Crippen LogP contribution in [-0.4, -0.2) is 53.0 Å². The molecule has 5 aliphatic rings. The van der Waals surface area contributed by atoms with E-state index in [1.807, 2.05) is 13.0 Å². The molecule has 7 heteroatoms. The summed E-state index contributed by atoms with van der Waals surface area (Å²) in [6, 6.07) is 1.95. The Labute approximate surface area is 169 Å². The third-order valence-electron chi connectivity index (χ3n) is 9.54. The van der Waals surface area contributed by atoms with E-state index >= 15 is 0 Å². The van der Waals surface area contributed by atoms with Gasteiger partial charge in [-0.25, -0.2) is 0 Å². The first-order valence-electron chi connectivity index (χ1n) is 10.6. The number of carbonyl (C=O) groups is 1. The Morgan fingerprint density at radius 3 is 2.69 bits per heavy atom. The van der Waals surface area contributed by atoms with E-state index in [0.717, 1.165) is 30.6 Å². The van der Waals surface area contributed by atoms with Gasteiger partial charge in [0, 0.05) is 6.92 Å². The molecular formula is C22H28O7. The Kier molecular flexibility index (Phi) is 3.21. The molecule has 0 amide bonds. The number of fused-ring (bicyclic) bond motifs is 6. The zero-order valence-electron chi connectivity index (χ0n) is 17.1. The normalized spacial score (nSPS) is 54.4. The van der Waals surface area contributed by atoms with Crippen LogP contribution in [0.2, 0.25) is 0 Å². The molecule has 3 heterocycles. The minimum Gasteiger partial charge on any atom is -0.468 e. The number of carbonyl (C=O) groups excluding carboxylic acids is 1. The predicted octanol–water partition coefficient (Wildman–Crippen LogP) is 1.68. The van der Waals surface area contributed by atoms with Gasteiger partial charge in [0.2, 0.25) is 5.79 Å². The van der Waals surface area contributed by atoms with E-state index in [-0.39, 0.29) is 23.9 Å². The maximum atomic E-state index is 11.9. The molecule has 7 nitrogen and oxygen atoms in total. The molecule has 6 rings (SSSR count). The first-order valence-corrected chi connectivity index (χ1v) is 10.6. The molecule has 1 aromatic rings. The lowest BCUT2D eigenvalue weighted by atomic mass is 9.36. The highest BCUT2D eigenvalue weighted by atomic mass is 16.7. The highest BCUT2D eigenvalue weighted by molar-refractivity contribution is 5.66. The van der Waals surface area contributed by atoms with Gasteiger partial charge in [0.15, 0.2) is 0 Å². The molecule has 2 saturated heterocycles. The third kappa shape index (κ3) is 1.65. The fourth-order valence-electron chi connectivity index (χ4n) is 7.95. The maximum Gasteiger partial charge on any atom is 0.303 e. The van der Waals surface area contributed by atoms with Crippen molar-refractivity contribution in [3.05, 3.63) is 23.7 Å². The van der Waals surface area contributed by atoms with Crippen molar-refractivity contribution in [3.63, 3.8) is 0 Å². The van der Waals surface area contributed by atoms with Gasteiger partial charge in [-0.05, 0) is 55.6 Å². The van der Waals surface area contributed by atoms with Crippen LogP contribution in [0.5, 0.6) is 0 Å². The van der Waals surface area contributed by atoms with Gasteiger partial charge in [-0.3, -0.25) is 4.79 Å². The SMILES string of the molecule is CC(=O)O[C@@H]1CC[C@H]2[C@]3(CO[C@](O)([C@@H]3O)[C@]3(C)c4occc4CC[C@]23C)[C@@]12CO2. The number of aliphatic hydroxyl groups excluding tert-OH is 1. The molecule has 158 valence electrons. The second-order valence-electron chi connectivity index (χ2n) is 10.2. The van der Waals surface area contributed by atoms with Gasteiger partial charge in [-0.2, -0.15) is 0 Å². The number of ether oxygens (including phenoxy) is 3. The van der Waals surface area contributed by atoms with Crippen molar-refractivity contribution in [2.24, 2.45) is 16.7 Å². The molecule has 3 aliphatic carbocycles. The monoisotopic (exact) mass is 404 g/mol. The number of epoxide rings is 1. The molecule has 4 fully saturated rings. The predicted molar refractivity (Wildman–Crippen MR) is 98.8 cm³/mol. The van der Waals surface area contributed by atoms with Crippen LogP contribution >= 0.6 is 0 Å². The molecule has 2 saturated carbocycles. The number of aryl methyl sites for hydroxylation is 1. The quantitative estimate of drug-likeness (QED) is 0.542. The van der Waals surface area contributed by atoms with Crippen molar-refractivity contribution in [3.8, 4) is 0 Å².